The zero-order valence-electron chi connectivity index (χ0n) is 6.90. The molecule has 0 saturated carbocycles. The van der Waals surface area contributed by atoms with Crippen molar-refractivity contribution in [3.05, 3.63) is 11.5 Å². The van der Waals surface area contributed by atoms with Gasteiger partial charge in [0.2, 0.25) is 0 Å². The van der Waals surface area contributed by atoms with E-state index in [9.17, 15) is 9.36 Å². The van der Waals surface area contributed by atoms with Gasteiger partial charge < -0.3 is 13.8 Å². The van der Waals surface area contributed by atoms with Crippen molar-refractivity contribution in [3.8, 4) is 0 Å². The number of phosphoric acid groups is 1. The van der Waals surface area contributed by atoms with Crippen LogP contribution in [0.25, 0.3) is 0 Å². The normalized spacial score (nSPS) is 21.8. The molecule has 0 amide bonds. The Kier molecular flexibility index (Phi) is 2.43. The van der Waals surface area contributed by atoms with Gasteiger partial charge in [-0.2, -0.15) is 0 Å². The van der Waals surface area contributed by atoms with Crippen molar-refractivity contribution in [1.29, 1.82) is 0 Å². The Bertz CT molecular complexity index is 338. The van der Waals surface area contributed by atoms with Crippen molar-refractivity contribution in [2.75, 3.05) is 19.1 Å². The summed E-state index contributed by atoms with van der Waals surface area (Å²) in [6.07, 6.45) is 0. The van der Waals surface area contributed by atoms with Gasteiger partial charge in [0.05, 0.1) is 12.2 Å². The second kappa shape index (κ2) is 3.46. The van der Waals surface area contributed by atoms with Crippen LogP contribution in [0.15, 0.2) is 11.5 Å². The first-order chi connectivity index (χ1) is 6.63. The summed E-state index contributed by atoms with van der Waals surface area (Å²) in [4.78, 5) is 10.7. The summed E-state index contributed by atoms with van der Waals surface area (Å²) >= 11 is 5.21. The Labute approximate surface area is 84.3 Å². The van der Waals surface area contributed by atoms with Gasteiger partial charge in [0.25, 0.3) is 0 Å². The zero-order chi connectivity index (χ0) is 10.2. The lowest BCUT2D eigenvalue weighted by Gasteiger charge is -2.34. The molecular formula is C6H6ClO6P. The van der Waals surface area contributed by atoms with Crippen LogP contribution in [0.3, 0.4) is 0 Å². The topological polar surface area (TPSA) is 71.1 Å². The van der Waals surface area contributed by atoms with Crippen molar-refractivity contribution in [2.24, 2.45) is 0 Å². The average molecular weight is 241 g/mol. The molecule has 0 radical (unpaired) electrons. The lowest BCUT2D eigenvalue weighted by atomic mass is 10.3. The molecule has 1 saturated heterocycles. The quantitative estimate of drug-likeness (QED) is 0.419. The van der Waals surface area contributed by atoms with E-state index < -0.39 is 13.8 Å². The van der Waals surface area contributed by atoms with E-state index in [-0.39, 0.29) is 25.0 Å². The van der Waals surface area contributed by atoms with E-state index >= 15 is 0 Å². The number of rotatable bonds is 3. The number of carbonyl (C=O) groups is 1. The fourth-order valence-electron chi connectivity index (χ4n) is 0.914. The van der Waals surface area contributed by atoms with E-state index in [4.69, 9.17) is 29.9 Å². The van der Waals surface area contributed by atoms with Crippen LogP contribution < -0.4 is 0 Å². The van der Waals surface area contributed by atoms with Crippen LogP contribution in [0.1, 0.15) is 0 Å². The SMILES string of the molecule is O=C(CCl)OCC1=C2OP(=O)(OC1)O2. The van der Waals surface area contributed by atoms with E-state index in [0.717, 1.165) is 0 Å². The number of phosphoric ester groups is 1. The molecule has 3 rings (SSSR count). The molecule has 0 spiro atoms. The van der Waals surface area contributed by atoms with Crippen LogP contribution >= 0.6 is 19.4 Å². The molecule has 78 valence electrons. The number of esters is 1. The van der Waals surface area contributed by atoms with Gasteiger partial charge in [-0.25, -0.2) is 4.57 Å². The van der Waals surface area contributed by atoms with Gasteiger partial charge in [0.1, 0.15) is 12.5 Å². The number of hydrogen-bond acceptors (Lipinski definition) is 6. The monoisotopic (exact) mass is 240 g/mol. The van der Waals surface area contributed by atoms with E-state index in [2.05, 4.69) is 0 Å². The van der Waals surface area contributed by atoms with Gasteiger partial charge in [-0.05, 0) is 0 Å². The number of hydrogen-bond donors (Lipinski definition) is 0. The molecule has 8 heteroatoms. The molecule has 0 aliphatic carbocycles. The minimum absolute atomic E-state index is 0.0269. The summed E-state index contributed by atoms with van der Waals surface area (Å²) in [5.41, 5.74) is 0.501. The van der Waals surface area contributed by atoms with Crippen LogP contribution in [0.5, 0.6) is 0 Å². The summed E-state index contributed by atoms with van der Waals surface area (Å²) in [5, 5.41) is 0. The molecule has 1 fully saturated rings. The van der Waals surface area contributed by atoms with Crippen molar-refractivity contribution >= 4 is 25.4 Å². The van der Waals surface area contributed by atoms with Crippen LogP contribution in [0.4, 0.5) is 0 Å². The molecule has 2 bridgehead atoms. The van der Waals surface area contributed by atoms with E-state index in [1.807, 2.05) is 0 Å². The standard InChI is InChI=1S/C6H6ClO6P/c7-1-5(8)10-2-4-3-11-14(9)12-6(4)13-14/h1-3H2. The molecule has 0 aromatic rings. The summed E-state index contributed by atoms with van der Waals surface area (Å²) in [5.74, 6) is -0.640. The number of alkyl halides is 1. The Morgan fingerprint density at radius 3 is 2.79 bits per heavy atom. The van der Waals surface area contributed by atoms with Crippen molar-refractivity contribution < 1.29 is 27.7 Å². The van der Waals surface area contributed by atoms with E-state index in [1.54, 1.807) is 0 Å². The molecule has 0 atom stereocenters. The van der Waals surface area contributed by atoms with E-state index in [0.29, 0.717) is 5.57 Å². The molecule has 6 nitrogen and oxygen atoms in total. The number of halogens is 1. The molecule has 0 unspecified atom stereocenters. The molecule has 3 aliphatic rings. The number of carbonyl (C=O) groups excluding carboxylic acids is 1. The van der Waals surface area contributed by atoms with Crippen LogP contribution in [0.2, 0.25) is 0 Å². The molecule has 14 heavy (non-hydrogen) atoms. The first-order valence-corrected chi connectivity index (χ1v) is 5.70. The summed E-state index contributed by atoms with van der Waals surface area (Å²) in [6, 6.07) is 0. The highest BCUT2D eigenvalue weighted by molar-refractivity contribution is 7.50. The Balaban J connectivity index is 1.91. The molecule has 0 aromatic carbocycles. The number of fused-ring (bicyclic) bond motifs is 2. The Hall–Kier alpha value is -0.710. The minimum Gasteiger partial charge on any atom is -0.460 e. The molecule has 0 aromatic heterocycles. The second-order valence-electron chi connectivity index (χ2n) is 2.59. The molecule has 3 aliphatic heterocycles. The maximum Gasteiger partial charge on any atom is 0.592 e. The van der Waals surface area contributed by atoms with Gasteiger partial charge in [-0.3, -0.25) is 9.32 Å². The average Bonchev–Trinajstić information content (AvgIpc) is 2.14. The highest BCUT2D eigenvalue weighted by Crippen LogP contribution is 2.65. The molecule has 0 N–H and O–H groups in total. The smallest absolute Gasteiger partial charge is 0.460 e. The highest BCUT2D eigenvalue weighted by Gasteiger charge is 2.49. The molecule has 3 heterocycles. The predicted molar refractivity (Wildman–Crippen MR) is 44.4 cm³/mol. The maximum atomic E-state index is 11.0. The first-order valence-electron chi connectivity index (χ1n) is 3.70. The maximum absolute atomic E-state index is 11.0. The van der Waals surface area contributed by atoms with Crippen molar-refractivity contribution in [3.63, 3.8) is 0 Å². The third-order valence-corrected chi connectivity index (χ3v) is 3.03. The Morgan fingerprint density at radius 1 is 1.57 bits per heavy atom. The Morgan fingerprint density at radius 2 is 2.29 bits per heavy atom. The fourth-order valence-corrected chi connectivity index (χ4v) is 2.09. The summed E-state index contributed by atoms with van der Waals surface area (Å²) in [6.45, 7) is 0.0586. The summed E-state index contributed by atoms with van der Waals surface area (Å²) in [7, 11) is -3.26. The minimum atomic E-state index is -3.26. The van der Waals surface area contributed by atoms with Gasteiger partial charge in [-0.1, -0.05) is 0 Å². The third kappa shape index (κ3) is 1.73. The zero-order valence-corrected chi connectivity index (χ0v) is 8.55. The molecular weight excluding hydrogens is 234 g/mol. The van der Waals surface area contributed by atoms with Crippen molar-refractivity contribution in [2.45, 2.75) is 0 Å². The fraction of sp³-hybridized carbons (Fsp3) is 0.500. The lowest BCUT2D eigenvalue weighted by molar-refractivity contribution is -0.140. The number of ether oxygens (including phenoxy) is 1. The van der Waals surface area contributed by atoms with E-state index in [1.165, 1.54) is 0 Å². The van der Waals surface area contributed by atoms with Crippen LogP contribution in [-0.2, 0) is 27.7 Å². The largest absolute Gasteiger partial charge is 0.592 e. The lowest BCUT2D eigenvalue weighted by Crippen LogP contribution is -2.25. The van der Waals surface area contributed by atoms with Crippen LogP contribution in [0, 0.1) is 0 Å². The van der Waals surface area contributed by atoms with Gasteiger partial charge in [0, 0.05) is 0 Å². The highest BCUT2D eigenvalue weighted by atomic mass is 35.5. The van der Waals surface area contributed by atoms with Crippen LogP contribution in [-0.4, -0.2) is 25.1 Å². The first kappa shape index (κ1) is 9.83. The van der Waals surface area contributed by atoms with Gasteiger partial charge in [0.15, 0.2) is 0 Å². The van der Waals surface area contributed by atoms with Gasteiger partial charge >= 0.3 is 19.7 Å². The van der Waals surface area contributed by atoms with Crippen molar-refractivity contribution in [1.82, 2.24) is 0 Å². The second-order valence-corrected chi connectivity index (χ2v) is 4.37. The third-order valence-electron chi connectivity index (χ3n) is 1.59. The van der Waals surface area contributed by atoms with Gasteiger partial charge in [-0.15, -0.1) is 11.6 Å². The predicted octanol–water partition coefficient (Wildman–Crippen LogP) is 1.17. The summed E-state index contributed by atoms with van der Waals surface area (Å²) < 4.78 is 29.9.